The second kappa shape index (κ2) is 12.9. The predicted octanol–water partition coefficient (Wildman–Crippen LogP) is 7.07. The van der Waals surface area contributed by atoms with Gasteiger partial charge in [0.25, 0.3) is 0 Å². The van der Waals surface area contributed by atoms with Gasteiger partial charge in [0, 0.05) is 6.61 Å². The number of hydrogen-bond acceptors (Lipinski definition) is 7. The average molecular weight is 538 g/mol. The molecule has 0 N–H and O–H groups in total. The van der Waals surface area contributed by atoms with Crippen molar-refractivity contribution in [1.29, 1.82) is 0 Å². The van der Waals surface area contributed by atoms with Gasteiger partial charge < -0.3 is 18.6 Å². The van der Waals surface area contributed by atoms with Gasteiger partial charge in [-0.2, -0.15) is 4.90 Å². The number of imide groups is 1. The summed E-state index contributed by atoms with van der Waals surface area (Å²) in [6, 6.07) is 7.96. The number of ether oxygens (including phenoxy) is 3. The van der Waals surface area contributed by atoms with Crippen LogP contribution in [0.1, 0.15) is 80.7 Å². The van der Waals surface area contributed by atoms with Gasteiger partial charge in [0.2, 0.25) is 0 Å². The number of esters is 1. The van der Waals surface area contributed by atoms with Gasteiger partial charge in [-0.3, -0.25) is 0 Å². The summed E-state index contributed by atoms with van der Waals surface area (Å²) in [5.74, 6) is -0.715. The van der Waals surface area contributed by atoms with Crippen molar-refractivity contribution in [3.63, 3.8) is 0 Å². The molecule has 8 nitrogen and oxygen atoms in total. The van der Waals surface area contributed by atoms with E-state index in [2.05, 4.69) is 33.9 Å². The van der Waals surface area contributed by atoms with Crippen molar-refractivity contribution >= 4 is 26.5 Å². The molecule has 0 aliphatic carbocycles. The molecule has 9 heteroatoms. The smallest absolute Gasteiger partial charge is 0.420 e. The molecule has 0 fully saturated rings. The van der Waals surface area contributed by atoms with Crippen LogP contribution in [0.2, 0.25) is 18.1 Å². The van der Waals surface area contributed by atoms with Gasteiger partial charge in [-0.15, -0.1) is 0 Å². The Hall–Kier alpha value is -2.39. The first-order valence-electron chi connectivity index (χ1n) is 12.8. The zero-order valence-electron chi connectivity index (χ0n) is 24.6. The largest absolute Gasteiger partial charge is 0.459 e. The minimum atomic E-state index is -2.01. The molecule has 1 rings (SSSR count). The lowest BCUT2D eigenvalue weighted by atomic mass is 10.1. The van der Waals surface area contributed by atoms with Gasteiger partial charge in [-0.05, 0) is 78.1 Å². The summed E-state index contributed by atoms with van der Waals surface area (Å²) < 4.78 is 22.8. The molecule has 0 unspecified atom stereocenters. The van der Waals surface area contributed by atoms with E-state index >= 15 is 0 Å². The van der Waals surface area contributed by atoms with Crippen molar-refractivity contribution in [3.05, 3.63) is 35.9 Å². The minimum Gasteiger partial charge on any atom is -0.459 e. The van der Waals surface area contributed by atoms with Gasteiger partial charge in [-0.1, -0.05) is 51.1 Å². The third-order valence-corrected chi connectivity index (χ3v) is 10.4. The number of carbonyl (C=O) groups is 3. The normalized spacial score (nSPS) is 13.5. The number of nitrogens with zero attached hydrogens (tertiary/aromatic N) is 1. The summed E-state index contributed by atoms with van der Waals surface area (Å²) >= 11 is 0. The second-order valence-electron chi connectivity index (χ2n) is 12.7. The summed E-state index contributed by atoms with van der Waals surface area (Å²) in [6.45, 7) is 21.3. The fourth-order valence-corrected chi connectivity index (χ4v) is 4.04. The van der Waals surface area contributed by atoms with Gasteiger partial charge in [0.1, 0.15) is 23.9 Å². The maximum Gasteiger partial charge on any atom is 0.420 e. The topological polar surface area (TPSA) is 91.4 Å². The summed E-state index contributed by atoms with van der Waals surface area (Å²) in [4.78, 5) is 40.5. The molecule has 0 aromatic heterocycles. The standard InChI is InChI=1S/C28H47NO7Si/c1-26(2,3)35-24(31)29(25(32)36-27(4,5)6)22(18-15-19-34-37(10,11)28(7,8)9)23(30)33-20-21-16-13-12-14-17-21/h12-14,16-17,22H,15,18-20H2,1-11H3/t22-/m0/s1. The highest BCUT2D eigenvalue weighted by Gasteiger charge is 2.41. The SMILES string of the molecule is CC(C)(C)OC(=O)N(C(=O)OC(C)(C)C)[C@@H](CCCO[Si](C)(C)C(C)(C)C)C(=O)OCc1ccccc1. The van der Waals surface area contributed by atoms with Crippen molar-refractivity contribution in [3.8, 4) is 0 Å². The summed E-state index contributed by atoms with van der Waals surface area (Å²) in [5.41, 5.74) is -0.986. The maximum absolute atomic E-state index is 13.3. The van der Waals surface area contributed by atoms with Crippen LogP contribution in [0.3, 0.4) is 0 Å². The Labute approximate surface area is 224 Å². The molecule has 0 spiro atoms. The molecule has 0 aliphatic heterocycles. The average Bonchev–Trinajstić information content (AvgIpc) is 2.71. The Bertz CT molecular complexity index is 868. The van der Waals surface area contributed by atoms with Crippen molar-refractivity contribution in [2.75, 3.05) is 6.61 Å². The highest BCUT2D eigenvalue weighted by molar-refractivity contribution is 6.74. The van der Waals surface area contributed by atoms with Gasteiger partial charge >= 0.3 is 18.2 Å². The van der Waals surface area contributed by atoms with Crippen LogP contribution in [0.4, 0.5) is 9.59 Å². The molecular formula is C28H47NO7Si. The molecule has 1 aromatic rings. The number of hydrogen-bond donors (Lipinski definition) is 0. The molecule has 0 heterocycles. The van der Waals surface area contributed by atoms with E-state index in [1.54, 1.807) is 41.5 Å². The van der Waals surface area contributed by atoms with E-state index in [-0.39, 0.29) is 18.1 Å². The number of rotatable bonds is 9. The molecule has 210 valence electrons. The van der Waals surface area contributed by atoms with Crippen LogP contribution in [0.15, 0.2) is 30.3 Å². The fourth-order valence-electron chi connectivity index (χ4n) is 2.95. The highest BCUT2D eigenvalue weighted by Crippen LogP contribution is 2.36. The van der Waals surface area contributed by atoms with E-state index in [4.69, 9.17) is 18.6 Å². The number of carbonyl (C=O) groups excluding carboxylic acids is 3. The summed E-state index contributed by atoms with van der Waals surface area (Å²) in [7, 11) is -2.01. The Morgan fingerprint density at radius 2 is 1.32 bits per heavy atom. The van der Waals surface area contributed by atoms with E-state index in [0.29, 0.717) is 13.0 Å². The number of benzene rings is 1. The summed E-state index contributed by atoms with van der Waals surface area (Å²) in [6.07, 6.45) is -1.36. The van der Waals surface area contributed by atoms with Crippen LogP contribution in [0, 0.1) is 0 Å². The number of amides is 2. The van der Waals surface area contributed by atoms with Crippen LogP contribution in [0.25, 0.3) is 0 Å². The first kappa shape index (κ1) is 32.6. The molecule has 37 heavy (non-hydrogen) atoms. The van der Waals surface area contributed by atoms with Crippen LogP contribution in [-0.2, 0) is 30.0 Å². The third-order valence-electron chi connectivity index (χ3n) is 5.88. The van der Waals surface area contributed by atoms with Crippen molar-refractivity contribution in [2.45, 2.75) is 117 Å². The van der Waals surface area contributed by atoms with Crippen molar-refractivity contribution in [2.24, 2.45) is 0 Å². The van der Waals surface area contributed by atoms with Crippen molar-refractivity contribution in [1.82, 2.24) is 4.90 Å². The lowest BCUT2D eigenvalue weighted by Crippen LogP contribution is -2.52. The molecule has 2 amide bonds. The minimum absolute atomic E-state index is 0.00706. The maximum atomic E-state index is 13.3. The summed E-state index contributed by atoms with van der Waals surface area (Å²) in [5, 5.41) is 0.0279. The Balaban J connectivity index is 3.22. The van der Waals surface area contributed by atoms with Crippen molar-refractivity contribution < 1.29 is 33.0 Å². The lowest BCUT2D eigenvalue weighted by molar-refractivity contribution is -0.151. The molecule has 0 saturated carbocycles. The predicted molar refractivity (Wildman–Crippen MR) is 147 cm³/mol. The zero-order valence-corrected chi connectivity index (χ0v) is 25.6. The van der Waals surface area contributed by atoms with E-state index in [0.717, 1.165) is 10.5 Å². The van der Waals surface area contributed by atoms with Crippen LogP contribution in [-0.4, -0.2) is 55.2 Å². The molecule has 1 atom stereocenters. The molecule has 0 bridgehead atoms. The van der Waals surface area contributed by atoms with Crippen LogP contribution in [0.5, 0.6) is 0 Å². The van der Waals surface area contributed by atoms with Crippen LogP contribution >= 0.6 is 0 Å². The van der Waals surface area contributed by atoms with E-state index in [1.807, 2.05) is 30.3 Å². The monoisotopic (exact) mass is 537 g/mol. The molecule has 0 saturated heterocycles. The fraction of sp³-hybridized carbons (Fsp3) is 0.679. The van der Waals surface area contributed by atoms with Gasteiger partial charge in [0.05, 0.1) is 0 Å². The molecular weight excluding hydrogens is 490 g/mol. The quantitative estimate of drug-likeness (QED) is 0.144. The molecule has 0 aliphatic rings. The highest BCUT2D eigenvalue weighted by atomic mass is 28.4. The molecule has 0 radical (unpaired) electrons. The third kappa shape index (κ3) is 11.7. The van der Waals surface area contributed by atoms with E-state index < -0.39 is 43.7 Å². The van der Waals surface area contributed by atoms with E-state index in [9.17, 15) is 14.4 Å². The van der Waals surface area contributed by atoms with Crippen LogP contribution < -0.4 is 0 Å². The second-order valence-corrected chi connectivity index (χ2v) is 17.5. The Morgan fingerprint density at radius 1 is 0.838 bits per heavy atom. The Kier molecular flexibility index (Phi) is 11.4. The first-order valence-corrected chi connectivity index (χ1v) is 15.7. The Morgan fingerprint density at radius 3 is 1.76 bits per heavy atom. The zero-order chi connectivity index (χ0) is 28.7. The van der Waals surface area contributed by atoms with E-state index in [1.165, 1.54) is 0 Å². The molecule has 1 aromatic carbocycles. The van der Waals surface area contributed by atoms with Gasteiger partial charge in [0.15, 0.2) is 8.32 Å². The first-order chi connectivity index (χ1) is 16.7. The van der Waals surface area contributed by atoms with Gasteiger partial charge in [-0.25, -0.2) is 14.4 Å². The lowest BCUT2D eigenvalue weighted by Gasteiger charge is -2.36.